The summed E-state index contributed by atoms with van der Waals surface area (Å²) < 4.78 is 13.7. The molecule has 13 aromatic carbocycles. The van der Waals surface area contributed by atoms with Crippen molar-refractivity contribution in [3.05, 3.63) is 288 Å². The second-order valence-corrected chi connectivity index (χ2v) is 23.5. The summed E-state index contributed by atoms with van der Waals surface area (Å²) in [5.74, 6) is 0.808. The number of para-hydroxylation sites is 4. The standard InChI is InChI=1S/C79H56N2O2/c1-47(2)49-31-36-53(37-32-49)80(71-27-15-23-64-60-20-9-13-29-73(60)82-77(64)71)55-40-35-51-44-67-70(45-52(51)43-55)79(68-25-11-7-18-58(68)59-19-8-12-26-69(59)79)76-63-42-41-56(46-66(63)57-17-5-6-22-62(57)75(67)76)81(54-38-33-50(34-39-54)48(3)4)72-28-16-24-65-61-21-10-14-30-74(61)83-78(65)72/h5-48H,1-4H3. The van der Waals surface area contributed by atoms with Crippen molar-refractivity contribution in [3.63, 3.8) is 0 Å². The van der Waals surface area contributed by atoms with Gasteiger partial charge in [-0.3, -0.25) is 0 Å². The average Bonchev–Trinajstić information content (AvgIpc) is 1.55. The first-order chi connectivity index (χ1) is 40.8. The maximum atomic E-state index is 6.84. The van der Waals surface area contributed by atoms with Crippen molar-refractivity contribution in [2.45, 2.75) is 44.9 Å². The summed E-state index contributed by atoms with van der Waals surface area (Å²) in [4.78, 5) is 4.79. The fourth-order valence-corrected chi connectivity index (χ4v) is 14.5. The van der Waals surface area contributed by atoms with E-state index in [4.69, 9.17) is 8.83 Å². The first-order valence-corrected chi connectivity index (χ1v) is 29.2. The van der Waals surface area contributed by atoms with E-state index in [1.165, 1.54) is 88.0 Å². The Morgan fingerprint density at radius 3 is 1.35 bits per heavy atom. The van der Waals surface area contributed by atoms with Gasteiger partial charge in [0.2, 0.25) is 0 Å². The van der Waals surface area contributed by atoms with Gasteiger partial charge in [-0.05, 0) is 185 Å². The van der Waals surface area contributed by atoms with E-state index in [2.05, 4.69) is 292 Å². The third-order valence-corrected chi connectivity index (χ3v) is 18.4. The van der Waals surface area contributed by atoms with Crippen LogP contribution in [0.3, 0.4) is 0 Å². The van der Waals surface area contributed by atoms with Gasteiger partial charge in [-0.1, -0.05) is 198 Å². The van der Waals surface area contributed by atoms with Gasteiger partial charge in [-0.25, -0.2) is 0 Å². The Bertz CT molecular complexity index is 5130. The van der Waals surface area contributed by atoms with Crippen molar-refractivity contribution < 1.29 is 8.83 Å². The Balaban J connectivity index is 0.927. The highest BCUT2D eigenvalue weighted by molar-refractivity contribution is 6.22. The molecule has 2 aliphatic rings. The highest BCUT2D eigenvalue weighted by atomic mass is 16.3. The van der Waals surface area contributed by atoms with E-state index >= 15 is 0 Å². The molecule has 4 nitrogen and oxygen atoms in total. The van der Waals surface area contributed by atoms with E-state index in [9.17, 15) is 0 Å². The lowest BCUT2D eigenvalue weighted by atomic mass is 9.69. The van der Waals surface area contributed by atoms with Gasteiger partial charge in [0.05, 0.1) is 16.8 Å². The maximum absolute atomic E-state index is 6.84. The second kappa shape index (κ2) is 17.9. The quantitative estimate of drug-likeness (QED) is 0.142. The van der Waals surface area contributed by atoms with Gasteiger partial charge >= 0.3 is 0 Å². The maximum Gasteiger partial charge on any atom is 0.159 e. The first kappa shape index (κ1) is 47.6. The molecule has 0 saturated carbocycles. The van der Waals surface area contributed by atoms with Crippen molar-refractivity contribution >= 4 is 110 Å². The van der Waals surface area contributed by atoms with Gasteiger partial charge in [0.15, 0.2) is 11.2 Å². The third-order valence-electron chi connectivity index (χ3n) is 18.4. The molecule has 0 bridgehead atoms. The van der Waals surface area contributed by atoms with Gasteiger partial charge in [-0.15, -0.1) is 0 Å². The summed E-state index contributed by atoms with van der Waals surface area (Å²) >= 11 is 0. The molecule has 2 aliphatic carbocycles. The summed E-state index contributed by atoms with van der Waals surface area (Å²) in [6, 6.07) is 94.9. The molecule has 0 unspecified atom stereocenters. The molecule has 0 amide bonds. The molecular formula is C79H56N2O2. The lowest BCUT2D eigenvalue weighted by molar-refractivity contribution is 0.668. The molecule has 2 heterocycles. The molecule has 0 fully saturated rings. The molecule has 394 valence electrons. The predicted molar refractivity (Wildman–Crippen MR) is 347 cm³/mol. The highest BCUT2D eigenvalue weighted by Crippen LogP contribution is 2.66. The molecule has 0 atom stereocenters. The molecule has 15 aromatic rings. The van der Waals surface area contributed by atoms with E-state index in [1.54, 1.807) is 0 Å². The van der Waals surface area contributed by atoms with Gasteiger partial charge in [-0.2, -0.15) is 0 Å². The molecule has 1 spiro atoms. The van der Waals surface area contributed by atoms with Crippen LogP contribution in [0.15, 0.2) is 264 Å². The lowest BCUT2D eigenvalue weighted by Crippen LogP contribution is -2.26. The number of benzene rings is 13. The smallest absolute Gasteiger partial charge is 0.159 e. The van der Waals surface area contributed by atoms with Crippen LogP contribution >= 0.6 is 0 Å². The number of furan rings is 2. The SMILES string of the molecule is CC(C)c1ccc(N(c2ccc3cc4c(cc3c2)C2(c3ccccc3-c3ccccc32)c2c-4c3ccccc3c3cc(N(c4ccc(C(C)C)cc4)c4cccc5c4oc4ccccc45)ccc23)c2cccc3c2oc2ccccc23)cc1. The molecule has 83 heavy (non-hydrogen) atoms. The van der Waals surface area contributed by atoms with Gasteiger partial charge in [0.25, 0.3) is 0 Å². The fourth-order valence-electron chi connectivity index (χ4n) is 14.5. The Labute approximate surface area is 481 Å². The van der Waals surface area contributed by atoms with E-state index < -0.39 is 5.41 Å². The molecule has 0 radical (unpaired) electrons. The number of fused-ring (bicyclic) bond motifs is 22. The molecular weight excluding hydrogens is 1010 g/mol. The number of anilines is 6. The summed E-state index contributed by atoms with van der Waals surface area (Å²) in [5, 5.41) is 11.7. The molecule has 2 aromatic heterocycles. The van der Waals surface area contributed by atoms with Crippen molar-refractivity contribution in [1.82, 2.24) is 0 Å². The van der Waals surface area contributed by atoms with Crippen LogP contribution in [0.2, 0.25) is 0 Å². The second-order valence-electron chi connectivity index (χ2n) is 23.5. The van der Waals surface area contributed by atoms with Gasteiger partial charge in [0.1, 0.15) is 11.2 Å². The summed E-state index contributed by atoms with van der Waals surface area (Å²) in [5.41, 5.74) is 22.1. The monoisotopic (exact) mass is 1060 g/mol. The van der Waals surface area contributed by atoms with Crippen LogP contribution < -0.4 is 9.80 Å². The van der Waals surface area contributed by atoms with Crippen molar-refractivity contribution in [2.75, 3.05) is 9.80 Å². The van der Waals surface area contributed by atoms with Crippen LogP contribution in [0, 0.1) is 0 Å². The third kappa shape index (κ3) is 6.81. The van der Waals surface area contributed by atoms with Gasteiger partial charge in [0, 0.05) is 44.3 Å². The van der Waals surface area contributed by atoms with Crippen LogP contribution in [0.4, 0.5) is 34.1 Å². The van der Waals surface area contributed by atoms with Crippen LogP contribution in [-0.2, 0) is 5.41 Å². The average molecular weight is 1070 g/mol. The topological polar surface area (TPSA) is 32.8 Å². The fraction of sp³-hybridized carbons (Fsp3) is 0.0886. The zero-order valence-electron chi connectivity index (χ0n) is 46.6. The van der Waals surface area contributed by atoms with Crippen molar-refractivity contribution in [1.29, 1.82) is 0 Å². The molecule has 0 aliphatic heterocycles. The lowest BCUT2D eigenvalue weighted by Gasteiger charge is -2.32. The van der Waals surface area contributed by atoms with E-state index in [-0.39, 0.29) is 0 Å². The van der Waals surface area contributed by atoms with Crippen LogP contribution in [0.1, 0.15) is 72.9 Å². The van der Waals surface area contributed by atoms with Crippen LogP contribution in [0.5, 0.6) is 0 Å². The van der Waals surface area contributed by atoms with Crippen molar-refractivity contribution in [3.8, 4) is 22.3 Å². The Morgan fingerprint density at radius 2 is 0.783 bits per heavy atom. The largest absolute Gasteiger partial charge is 0.454 e. The Hall–Kier alpha value is -10.2. The number of hydrogen-bond donors (Lipinski definition) is 0. The van der Waals surface area contributed by atoms with E-state index in [1.807, 2.05) is 0 Å². The first-order valence-electron chi connectivity index (χ1n) is 29.2. The van der Waals surface area contributed by atoms with Crippen molar-refractivity contribution in [2.24, 2.45) is 0 Å². The predicted octanol–water partition coefficient (Wildman–Crippen LogP) is 22.5. The number of hydrogen-bond acceptors (Lipinski definition) is 4. The summed E-state index contributed by atoms with van der Waals surface area (Å²) in [6.45, 7) is 9.03. The Kier molecular flexibility index (Phi) is 10.3. The molecule has 0 saturated heterocycles. The van der Waals surface area contributed by atoms with Crippen LogP contribution in [0.25, 0.3) is 98.4 Å². The highest BCUT2D eigenvalue weighted by Gasteiger charge is 2.53. The Morgan fingerprint density at radius 1 is 0.313 bits per heavy atom. The molecule has 17 rings (SSSR count). The number of rotatable bonds is 8. The van der Waals surface area contributed by atoms with Crippen LogP contribution in [-0.4, -0.2) is 0 Å². The molecule has 0 N–H and O–H groups in total. The minimum Gasteiger partial charge on any atom is -0.454 e. The normalized spacial score (nSPS) is 13.1. The number of nitrogens with zero attached hydrogens (tertiary/aromatic N) is 2. The minimum absolute atomic E-state index is 0.401. The minimum atomic E-state index is -0.648. The summed E-state index contributed by atoms with van der Waals surface area (Å²) in [6.07, 6.45) is 0. The van der Waals surface area contributed by atoms with E-state index in [0.717, 1.165) is 78.0 Å². The van der Waals surface area contributed by atoms with E-state index in [0.29, 0.717) is 11.8 Å². The summed E-state index contributed by atoms with van der Waals surface area (Å²) in [7, 11) is 0. The van der Waals surface area contributed by atoms with Gasteiger partial charge < -0.3 is 18.6 Å². The zero-order valence-corrected chi connectivity index (χ0v) is 46.6. The molecule has 4 heteroatoms. The zero-order chi connectivity index (χ0) is 55.2.